The fraction of sp³-hybridized carbons (Fsp3) is 0.400. The Morgan fingerprint density at radius 3 is 2.82 bits per heavy atom. The molecule has 0 amide bonds. The molecule has 1 saturated carbocycles. The summed E-state index contributed by atoms with van der Waals surface area (Å²) in [5.74, 6) is 0. The van der Waals surface area contributed by atoms with Gasteiger partial charge in [-0.05, 0) is 31.4 Å². The molecule has 1 aliphatic carbocycles. The Morgan fingerprint density at radius 2 is 2.18 bits per heavy atom. The Kier molecular flexibility index (Phi) is 1.95. The summed E-state index contributed by atoms with van der Waals surface area (Å²) in [6, 6.07) is 0. The molecule has 1 N–H and O–H groups in total. The van der Waals surface area contributed by atoms with Crippen molar-refractivity contribution in [2.75, 3.05) is 0 Å². The minimum absolute atomic E-state index is 0.0574. The summed E-state index contributed by atoms with van der Waals surface area (Å²) in [6.07, 6.45) is 3.12. The van der Waals surface area contributed by atoms with Crippen LogP contribution >= 0.6 is 11.6 Å². The average Bonchev–Trinajstić information content (AvgIpc) is 3.00. The average molecular weight is 253 g/mol. The first-order chi connectivity index (χ1) is 8.01. The topological polar surface area (TPSA) is 80.6 Å². The third-order valence-electron chi connectivity index (χ3n) is 3.11. The van der Waals surface area contributed by atoms with E-state index in [4.69, 9.17) is 11.6 Å². The standard InChI is InChI=1S/C10H9ClN4O2/c1-10(2-3-10)15-6-5(4-12-9(11)14-6)13-7(16)8(15)17/h4H,2-3H2,1H3,(H,13,16). The van der Waals surface area contributed by atoms with Gasteiger partial charge < -0.3 is 4.98 Å². The van der Waals surface area contributed by atoms with Crippen molar-refractivity contribution in [3.05, 3.63) is 32.2 Å². The lowest BCUT2D eigenvalue weighted by molar-refractivity contribution is 0.523. The lowest BCUT2D eigenvalue weighted by Crippen LogP contribution is -2.40. The third kappa shape index (κ3) is 1.48. The Hall–Kier alpha value is -1.69. The quantitative estimate of drug-likeness (QED) is 0.597. The van der Waals surface area contributed by atoms with Gasteiger partial charge >= 0.3 is 11.1 Å². The highest BCUT2D eigenvalue weighted by Crippen LogP contribution is 2.42. The van der Waals surface area contributed by atoms with Gasteiger partial charge in [-0.1, -0.05) is 0 Å². The lowest BCUT2D eigenvalue weighted by atomic mass is 10.3. The van der Waals surface area contributed by atoms with Gasteiger partial charge in [0.2, 0.25) is 5.28 Å². The van der Waals surface area contributed by atoms with Crippen LogP contribution in [0.4, 0.5) is 0 Å². The van der Waals surface area contributed by atoms with Crippen LogP contribution in [-0.2, 0) is 5.54 Å². The number of aromatic nitrogens is 4. The van der Waals surface area contributed by atoms with Crippen molar-refractivity contribution in [2.45, 2.75) is 25.3 Å². The molecular weight excluding hydrogens is 244 g/mol. The molecule has 2 aromatic heterocycles. The molecule has 0 atom stereocenters. The molecule has 0 aromatic carbocycles. The second-order valence-electron chi connectivity index (χ2n) is 4.47. The first kappa shape index (κ1) is 10.5. The molecule has 0 radical (unpaired) electrons. The summed E-state index contributed by atoms with van der Waals surface area (Å²) in [7, 11) is 0. The van der Waals surface area contributed by atoms with Crippen LogP contribution in [0.3, 0.4) is 0 Å². The summed E-state index contributed by atoms with van der Waals surface area (Å²) in [5, 5.41) is 0.0574. The Morgan fingerprint density at radius 1 is 1.47 bits per heavy atom. The second-order valence-corrected chi connectivity index (χ2v) is 4.81. The molecule has 7 heteroatoms. The molecule has 0 saturated heterocycles. The largest absolute Gasteiger partial charge is 0.318 e. The van der Waals surface area contributed by atoms with Gasteiger partial charge in [0.1, 0.15) is 5.52 Å². The van der Waals surface area contributed by atoms with Gasteiger partial charge in [-0.25, -0.2) is 4.98 Å². The number of rotatable bonds is 1. The van der Waals surface area contributed by atoms with Gasteiger partial charge in [-0.2, -0.15) is 4.98 Å². The monoisotopic (exact) mass is 252 g/mol. The van der Waals surface area contributed by atoms with Crippen LogP contribution < -0.4 is 11.1 Å². The van der Waals surface area contributed by atoms with Crippen molar-refractivity contribution in [1.29, 1.82) is 0 Å². The first-order valence-corrected chi connectivity index (χ1v) is 5.57. The van der Waals surface area contributed by atoms with Gasteiger partial charge in [0.15, 0.2) is 5.65 Å². The van der Waals surface area contributed by atoms with Crippen molar-refractivity contribution >= 4 is 22.8 Å². The number of nitrogens with zero attached hydrogens (tertiary/aromatic N) is 3. The van der Waals surface area contributed by atoms with E-state index < -0.39 is 11.1 Å². The van der Waals surface area contributed by atoms with Gasteiger partial charge in [0.05, 0.1) is 6.20 Å². The van der Waals surface area contributed by atoms with E-state index in [0.29, 0.717) is 11.2 Å². The van der Waals surface area contributed by atoms with Crippen molar-refractivity contribution < 1.29 is 0 Å². The van der Waals surface area contributed by atoms with E-state index in [1.807, 2.05) is 6.92 Å². The van der Waals surface area contributed by atoms with Crippen molar-refractivity contribution in [2.24, 2.45) is 0 Å². The van der Waals surface area contributed by atoms with Gasteiger partial charge in [0, 0.05) is 5.54 Å². The molecule has 2 aromatic rings. The van der Waals surface area contributed by atoms with Crippen molar-refractivity contribution in [3.8, 4) is 0 Å². The molecule has 6 nitrogen and oxygen atoms in total. The predicted octanol–water partition coefficient (Wildman–Crippen LogP) is 0.642. The highest BCUT2D eigenvalue weighted by molar-refractivity contribution is 6.28. The molecule has 0 unspecified atom stereocenters. The molecule has 0 bridgehead atoms. The third-order valence-corrected chi connectivity index (χ3v) is 3.29. The molecule has 1 fully saturated rings. The van der Waals surface area contributed by atoms with Crippen LogP contribution in [0, 0.1) is 0 Å². The molecule has 0 aliphatic heterocycles. The maximum atomic E-state index is 11.9. The number of aromatic amines is 1. The Bertz CT molecular complexity index is 729. The van der Waals surface area contributed by atoms with Crippen LogP contribution in [-0.4, -0.2) is 19.5 Å². The van der Waals surface area contributed by atoms with Crippen LogP contribution in [0.5, 0.6) is 0 Å². The smallest absolute Gasteiger partial charge is 0.313 e. The number of halogens is 1. The molecule has 1 aliphatic rings. The minimum Gasteiger partial charge on any atom is -0.313 e. The maximum absolute atomic E-state index is 11.9. The normalized spacial score (nSPS) is 17.3. The predicted molar refractivity (Wildman–Crippen MR) is 62.3 cm³/mol. The van der Waals surface area contributed by atoms with Gasteiger partial charge in [0.25, 0.3) is 0 Å². The van der Waals surface area contributed by atoms with E-state index in [2.05, 4.69) is 15.0 Å². The number of nitrogens with one attached hydrogen (secondary N) is 1. The van der Waals surface area contributed by atoms with Crippen LogP contribution in [0.1, 0.15) is 19.8 Å². The number of fused-ring (bicyclic) bond motifs is 1. The zero-order chi connectivity index (χ0) is 12.2. The molecule has 17 heavy (non-hydrogen) atoms. The van der Waals surface area contributed by atoms with E-state index >= 15 is 0 Å². The Balaban J connectivity index is 2.52. The molecule has 3 rings (SSSR count). The second kappa shape index (κ2) is 3.16. The van der Waals surface area contributed by atoms with Crippen molar-refractivity contribution in [3.63, 3.8) is 0 Å². The van der Waals surface area contributed by atoms with Crippen LogP contribution in [0.2, 0.25) is 5.28 Å². The first-order valence-electron chi connectivity index (χ1n) is 5.19. The number of H-pyrrole nitrogens is 1. The maximum Gasteiger partial charge on any atom is 0.318 e. The van der Waals surface area contributed by atoms with E-state index in [1.54, 1.807) is 0 Å². The van der Waals surface area contributed by atoms with Crippen LogP contribution in [0.15, 0.2) is 15.8 Å². The molecular formula is C10H9ClN4O2. The highest BCUT2D eigenvalue weighted by atomic mass is 35.5. The van der Waals surface area contributed by atoms with E-state index in [1.165, 1.54) is 10.8 Å². The minimum atomic E-state index is -0.656. The summed E-state index contributed by atoms with van der Waals surface area (Å²) in [5.41, 5.74) is -0.757. The number of hydrogen-bond acceptors (Lipinski definition) is 4. The zero-order valence-corrected chi connectivity index (χ0v) is 9.78. The lowest BCUT2D eigenvalue weighted by Gasteiger charge is -2.14. The van der Waals surface area contributed by atoms with E-state index in [-0.39, 0.29) is 10.8 Å². The molecule has 0 spiro atoms. The SMILES string of the molecule is CC1(n2c(=O)c(=O)[nH]c3cnc(Cl)nc32)CC1. The van der Waals surface area contributed by atoms with Gasteiger partial charge in [-0.3, -0.25) is 14.2 Å². The number of hydrogen-bond donors (Lipinski definition) is 1. The Labute approximate surface area is 100 Å². The molecule has 2 heterocycles. The highest BCUT2D eigenvalue weighted by Gasteiger charge is 2.42. The summed E-state index contributed by atoms with van der Waals surface area (Å²) in [4.78, 5) is 33.7. The summed E-state index contributed by atoms with van der Waals surface area (Å²) in [6.45, 7) is 1.92. The van der Waals surface area contributed by atoms with E-state index in [9.17, 15) is 9.59 Å². The van der Waals surface area contributed by atoms with E-state index in [0.717, 1.165) is 12.8 Å². The fourth-order valence-electron chi connectivity index (χ4n) is 1.89. The van der Waals surface area contributed by atoms with Crippen LogP contribution in [0.25, 0.3) is 11.2 Å². The summed E-state index contributed by atoms with van der Waals surface area (Å²) >= 11 is 5.72. The van der Waals surface area contributed by atoms with Crippen molar-refractivity contribution in [1.82, 2.24) is 19.5 Å². The zero-order valence-electron chi connectivity index (χ0n) is 9.03. The fourth-order valence-corrected chi connectivity index (χ4v) is 2.02. The van der Waals surface area contributed by atoms with Gasteiger partial charge in [-0.15, -0.1) is 0 Å². The molecule has 88 valence electrons. The summed E-state index contributed by atoms with van der Waals surface area (Å²) < 4.78 is 1.43.